The first-order valence-electron chi connectivity index (χ1n) is 21.8. The fraction of sp³-hybridized carbons (Fsp3) is 0.314. The molecule has 3 aliphatic heterocycles. The Morgan fingerprint density at radius 3 is 2.37 bits per heavy atom. The topological polar surface area (TPSA) is 156 Å². The van der Waals surface area contributed by atoms with Crippen molar-refractivity contribution in [2.24, 2.45) is 5.92 Å². The van der Waals surface area contributed by atoms with E-state index < -0.39 is 18.2 Å². The third kappa shape index (κ3) is 11.0. The molecule has 9 rings (SSSR count). The van der Waals surface area contributed by atoms with E-state index in [9.17, 15) is 24.6 Å². The molecule has 326 valence electrons. The number of carbonyl (C=O) groups excluding carboxylic acids is 2. The molecule has 63 heavy (non-hydrogen) atoms. The predicted molar refractivity (Wildman–Crippen MR) is 243 cm³/mol. The molecule has 0 unspecified atom stereocenters. The van der Waals surface area contributed by atoms with Crippen LogP contribution < -0.4 is 20.9 Å². The van der Waals surface area contributed by atoms with Gasteiger partial charge in [-0.15, -0.1) is 0 Å². The zero-order valence-corrected chi connectivity index (χ0v) is 35.5. The Kier molecular flexibility index (Phi) is 13.8. The van der Waals surface area contributed by atoms with E-state index in [0.717, 1.165) is 60.3 Å². The summed E-state index contributed by atoms with van der Waals surface area (Å²) < 4.78 is 12.3. The molecule has 0 aliphatic carbocycles. The lowest BCUT2D eigenvalue weighted by Gasteiger charge is -2.43. The maximum Gasteiger partial charge on any atom is 0.408 e. The molecular weight excluding hydrogens is 795 g/mol. The van der Waals surface area contributed by atoms with Crippen LogP contribution in [0.25, 0.3) is 10.9 Å². The van der Waals surface area contributed by atoms with Crippen LogP contribution in [0.3, 0.4) is 0 Å². The van der Waals surface area contributed by atoms with Crippen molar-refractivity contribution >= 4 is 22.9 Å². The summed E-state index contributed by atoms with van der Waals surface area (Å²) in [7, 11) is 0. The summed E-state index contributed by atoms with van der Waals surface area (Å²) in [5.41, 5.74) is 5.98. The number of hydrogen-bond acceptors (Lipinski definition) is 9. The zero-order valence-electron chi connectivity index (χ0n) is 35.5. The quantitative estimate of drug-likeness (QED) is 0.0591. The minimum atomic E-state index is -0.880. The van der Waals surface area contributed by atoms with Gasteiger partial charge in [-0.2, -0.15) is 0 Å². The molecule has 3 atom stereocenters. The number of H-pyrrole nitrogens is 1. The highest BCUT2D eigenvalue weighted by atomic mass is 16.6. The number of alkyl carbamates (subject to hydrolysis) is 1. The summed E-state index contributed by atoms with van der Waals surface area (Å²) in [4.78, 5) is 46.0. The second kappa shape index (κ2) is 20.1. The van der Waals surface area contributed by atoms with Crippen LogP contribution in [0.15, 0.2) is 132 Å². The first-order chi connectivity index (χ1) is 30.7. The standard InChI is InChI=1S/C51H55N5O7/c1-34-11-13-35(14-12-34)31-56(26-6-25-52-30-45(58)42-19-21-44(57)49-43(42)20-22-47(59)53-49)50(60)39-17-15-36(16-18-39)33-62-41-10-5-9-40(29-41)48(38-7-3-2-4-8-38)54-51(61)63-46-32-55-27-23-37(46)24-28-55/h2-5,7-22,29,37,45-46,48,52,57-58H,6,23-28,30-33H2,1H3,(H,53,59)(H,54,61)/t45-,46-,48-/m0/s1. The van der Waals surface area contributed by atoms with Gasteiger partial charge < -0.3 is 40.2 Å². The molecule has 6 aromatic rings. The first kappa shape index (κ1) is 43.2. The number of aliphatic hydroxyl groups excluding tert-OH is 1. The Labute approximate surface area is 367 Å². The van der Waals surface area contributed by atoms with Crippen molar-refractivity contribution in [2.45, 2.75) is 57.6 Å². The van der Waals surface area contributed by atoms with Crippen molar-refractivity contribution in [3.63, 3.8) is 0 Å². The van der Waals surface area contributed by atoms with Gasteiger partial charge in [0.05, 0.1) is 17.7 Å². The Bertz CT molecular complexity index is 2540. The molecule has 4 heterocycles. The van der Waals surface area contributed by atoms with Crippen molar-refractivity contribution in [3.05, 3.63) is 177 Å². The average molecular weight is 850 g/mol. The lowest BCUT2D eigenvalue weighted by atomic mass is 9.86. The molecule has 3 fully saturated rings. The number of nitrogens with zero attached hydrogens (tertiary/aromatic N) is 2. The summed E-state index contributed by atoms with van der Waals surface area (Å²) in [5.74, 6) is 0.915. The van der Waals surface area contributed by atoms with Gasteiger partial charge in [0, 0.05) is 43.2 Å². The summed E-state index contributed by atoms with van der Waals surface area (Å²) in [6.07, 6.45) is 1.37. The second-order valence-electron chi connectivity index (χ2n) is 16.7. The number of amides is 2. The molecule has 1 aromatic heterocycles. The van der Waals surface area contributed by atoms with Gasteiger partial charge in [0.25, 0.3) is 5.91 Å². The van der Waals surface area contributed by atoms with Crippen LogP contribution in [0.2, 0.25) is 0 Å². The number of pyridine rings is 1. The molecule has 2 bridgehead atoms. The van der Waals surface area contributed by atoms with E-state index in [-0.39, 0.29) is 42.0 Å². The van der Waals surface area contributed by atoms with Gasteiger partial charge >= 0.3 is 6.09 Å². The number of aromatic nitrogens is 1. The van der Waals surface area contributed by atoms with Gasteiger partial charge in [-0.1, -0.05) is 90.5 Å². The Balaban J connectivity index is 0.877. The summed E-state index contributed by atoms with van der Waals surface area (Å²) in [6.45, 7) is 6.97. The number of phenolic OH excluding ortho intramolecular Hbond substituents is 1. The lowest BCUT2D eigenvalue weighted by molar-refractivity contribution is -0.0336. The van der Waals surface area contributed by atoms with Crippen molar-refractivity contribution in [2.75, 3.05) is 39.3 Å². The maximum absolute atomic E-state index is 14.0. The van der Waals surface area contributed by atoms with Crippen molar-refractivity contribution < 1.29 is 29.3 Å². The first-order valence-corrected chi connectivity index (χ1v) is 21.8. The minimum Gasteiger partial charge on any atom is -0.506 e. The number of carbonyl (C=O) groups is 2. The molecule has 3 aliphatic rings. The molecule has 0 saturated carbocycles. The minimum absolute atomic E-state index is 0.0589. The Morgan fingerprint density at radius 1 is 0.873 bits per heavy atom. The van der Waals surface area contributed by atoms with Gasteiger partial charge in [-0.05, 0) is 116 Å². The third-order valence-corrected chi connectivity index (χ3v) is 12.2. The van der Waals surface area contributed by atoms with E-state index >= 15 is 0 Å². The van der Waals surface area contributed by atoms with Crippen molar-refractivity contribution in [1.29, 1.82) is 0 Å². The SMILES string of the molecule is Cc1ccc(CN(CCCNC[C@H](O)c2ccc(O)c3[nH]c(=O)ccc23)C(=O)c2ccc(COc3cccc([C@@H](NC(=O)O[C@H]4CN5CCC4CC5)c4ccccc4)c3)cc2)cc1. The molecule has 3 saturated heterocycles. The summed E-state index contributed by atoms with van der Waals surface area (Å²) in [5, 5.41) is 28.2. The normalized spacial score (nSPS) is 17.8. The third-order valence-electron chi connectivity index (χ3n) is 12.2. The lowest BCUT2D eigenvalue weighted by Crippen LogP contribution is -2.52. The number of piperidine rings is 3. The van der Waals surface area contributed by atoms with E-state index in [4.69, 9.17) is 9.47 Å². The predicted octanol–water partition coefficient (Wildman–Crippen LogP) is 7.39. The number of aliphatic hydroxyl groups is 1. The molecule has 2 amide bonds. The number of ether oxygens (including phenoxy) is 2. The largest absolute Gasteiger partial charge is 0.506 e. The molecular formula is C51H55N5O7. The molecule has 12 nitrogen and oxygen atoms in total. The fourth-order valence-electron chi connectivity index (χ4n) is 8.67. The van der Waals surface area contributed by atoms with Crippen LogP contribution in [0, 0.1) is 12.8 Å². The number of fused-ring (bicyclic) bond motifs is 4. The number of aromatic hydroxyl groups is 1. The molecule has 0 spiro atoms. The van der Waals surface area contributed by atoms with Crippen LogP contribution in [0.4, 0.5) is 4.79 Å². The smallest absolute Gasteiger partial charge is 0.408 e. The number of aryl methyl sites for hydroxylation is 1. The monoisotopic (exact) mass is 849 g/mol. The number of nitrogens with one attached hydrogen (secondary N) is 3. The van der Waals surface area contributed by atoms with Gasteiger partial charge in [-0.3, -0.25) is 14.5 Å². The van der Waals surface area contributed by atoms with Crippen molar-refractivity contribution in [3.8, 4) is 11.5 Å². The van der Waals surface area contributed by atoms with Gasteiger partial charge in [0.15, 0.2) is 0 Å². The average Bonchev–Trinajstić information content (AvgIpc) is 3.31. The number of phenols is 1. The van der Waals surface area contributed by atoms with Gasteiger partial charge in [-0.25, -0.2) is 4.79 Å². The van der Waals surface area contributed by atoms with E-state index in [1.165, 1.54) is 12.1 Å². The number of benzene rings is 5. The van der Waals surface area contributed by atoms with Crippen LogP contribution in [-0.4, -0.2) is 82.4 Å². The summed E-state index contributed by atoms with van der Waals surface area (Å²) >= 11 is 0. The highest BCUT2D eigenvalue weighted by molar-refractivity contribution is 5.94. The number of rotatable bonds is 17. The van der Waals surface area contributed by atoms with Crippen LogP contribution in [0.1, 0.15) is 75.1 Å². The van der Waals surface area contributed by atoms with E-state index in [0.29, 0.717) is 54.2 Å². The number of aromatic amines is 1. The van der Waals surface area contributed by atoms with Crippen LogP contribution in [0.5, 0.6) is 11.5 Å². The molecule has 5 aromatic carbocycles. The Hall–Kier alpha value is -6.47. The summed E-state index contributed by atoms with van der Waals surface area (Å²) in [6, 6.07) is 38.9. The number of hydrogen-bond donors (Lipinski definition) is 5. The molecule has 5 N–H and O–H groups in total. The van der Waals surface area contributed by atoms with E-state index in [1.807, 2.05) is 115 Å². The zero-order chi connectivity index (χ0) is 43.7. The molecule has 0 radical (unpaired) electrons. The van der Waals surface area contributed by atoms with Crippen LogP contribution >= 0.6 is 0 Å². The van der Waals surface area contributed by atoms with E-state index in [1.54, 1.807) is 12.1 Å². The highest BCUT2D eigenvalue weighted by Gasteiger charge is 2.37. The van der Waals surface area contributed by atoms with E-state index in [2.05, 4.69) is 20.5 Å². The van der Waals surface area contributed by atoms with Crippen LogP contribution in [-0.2, 0) is 17.9 Å². The van der Waals surface area contributed by atoms with Crippen molar-refractivity contribution in [1.82, 2.24) is 25.4 Å². The maximum atomic E-state index is 14.0. The van der Waals surface area contributed by atoms with Gasteiger partial charge in [0.1, 0.15) is 24.2 Å². The Morgan fingerprint density at radius 2 is 1.62 bits per heavy atom. The van der Waals surface area contributed by atoms with Gasteiger partial charge in [0.2, 0.25) is 5.56 Å². The fourth-order valence-corrected chi connectivity index (χ4v) is 8.67. The molecule has 12 heteroatoms. The second-order valence-corrected chi connectivity index (χ2v) is 16.7. The highest BCUT2D eigenvalue weighted by Crippen LogP contribution is 2.32.